The van der Waals surface area contributed by atoms with Crippen LogP contribution < -0.4 is 10.1 Å². The average molecular weight is 205 g/mol. The molecule has 2 aliphatic heterocycles. The lowest BCUT2D eigenvalue weighted by atomic mass is 9.90. The third-order valence-electron chi connectivity index (χ3n) is 3.43. The number of benzene rings is 1. The molecule has 3 rings (SSSR count). The van der Waals surface area contributed by atoms with Crippen LogP contribution in [0.5, 0.6) is 11.5 Å². The molecule has 1 unspecified atom stereocenters. The number of ether oxygens (including phenoxy) is 1. The molecular weight excluding hydrogens is 190 g/mol. The molecule has 0 saturated carbocycles. The molecule has 0 aromatic heterocycles. The summed E-state index contributed by atoms with van der Waals surface area (Å²) in [7, 11) is 0. The van der Waals surface area contributed by atoms with E-state index in [2.05, 4.69) is 5.32 Å². The van der Waals surface area contributed by atoms with Gasteiger partial charge in [0.25, 0.3) is 0 Å². The van der Waals surface area contributed by atoms with Crippen LogP contribution in [-0.2, 0) is 6.42 Å². The summed E-state index contributed by atoms with van der Waals surface area (Å²) < 4.78 is 6.06. The Morgan fingerprint density at radius 3 is 3.07 bits per heavy atom. The van der Waals surface area contributed by atoms with Gasteiger partial charge in [-0.25, -0.2) is 0 Å². The second-order valence-corrected chi connectivity index (χ2v) is 4.50. The van der Waals surface area contributed by atoms with Gasteiger partial charge in [-0.05, 0) is 43.1 Å². The first-order chi connectivity index (χ1) is 7.27. The molecule has 15 heavy (non-hydrogen) atoms. The smallest absolute Gasteiger partial charge is 0.123 e. The van der Waals surface area contributed by atoms with Crippen molar-refractivity contribution in [1.29, 1.82) is 0 Å². The molecule has 1 fully saturated rings. The Balaban J connectivity index is 1.93. The van der Waals surface area contributed by atoms with E-state index in [1.807, 2.05) is 12.1 Å². The average Bonchev–Trinajstić information content (AvgIpc) is 2.67. The standard InChI is InChI=1S/C12H15NO2/c14-10-1-2-11-9(7-10)3-4-12(15-11)5-6-13-8-12/h1-2,7,13-14H,3-6,8H2. The summed E-state index contributed by atoms with van der Waals surface area (Å²) in [6.45, 7) is 2.00. The Labute approximate surface area is 89.1 Å². The molecule has 0 amide bonds. The van der Waals surface area contributed by atoms with E-state index in [-0.39, 0.29) is 5.60 Å². The Kier molecular flexibility index (Phi) is 1.89. The van der Waals surface area contributed by atoms with Crippen molar-refractivity contribution in [3.8, 4) is 11.5 Å². The first-order valence-electron chi connectivity index (χ1n) is 5.49. The molecule has 1 aromatic rings. The highest BCUT2D eigenvalue weighted by Crippen LogP contribution is 2.37. The third kappa shape index (κ3) is 1.47. The summed E-state index contributed by atoms with van der Waals surface area (Å²) in [6.07, 6.45) is 3.15. The van der Waals surface area contributed by atoms with E-state index < -0.39 is 0 Å². The Hall–Kier alpha value is -1.22. The Bertz CT molecular complexity index is 383. The van der Waals surface area contributed by atoms with Gasteiger partial charge in [-0.1, -0.05) is 0 Å². The van der Waals surface area contributed by atoms with Crippen LogP contribution in [0, 0.1) is 0 Å². The van der Waals surface area contributed by atoms with Crippen LogP contribution in [0.2, 0.25) is 0 Å². The molecule has 1 aromatic carbocycles. The van der Waals surface area contributed by atoms with Crippen LogP contribution in [0.3, 0.4) is 0 Å². The monoisotopic (exact) mass is 205 g/mol. The molecule has 1 spiro atoms. The SMILES string of the molecule is Oc1ccc2c(c1)CCC1(CCNC1)O2. The lowest BCUT2D eigenvalue weighted by Crippen LogP contribution is -2.41. The van der Waals surface area contributed by atoms with Crippen LogP contribution in [-0.4, -0.2) is 23.8 Å². The highest BCUT2D eigenvalue weighted by molar-refractivity contribution is 5.41. The summed E-state index contributed by atoms with van der Waals surface area (Å²) in [4.78, 5) is 0. The van der Waals surface area contributed by atoms with Gasteiger partial charge in [0.1, 0.15) is 17.1 Å². The molecule has 0 bridgehead atoms. The van der Waals surface area contributed by atoms with E-state index in [1.165, 1.54) is 0 Å². The number of phenols is 1. The van der Waals surface area contributed by atoms with E-state index in [4.69, 9.17) is 4.74 Å². The minimum atomic E-state index is 0.0178. The fourth-order valence-corrected chi connectivity index (χ4v) is 2.53. The molecule has 0 radical (unpaired) electrons. The van der Waals surface area contributed by atoms with E-state index in [0.29, 0.717) is 5.75 Å². The highest BCUT2D eigenvalue weighted by Gasteiger charge is 2.38. The lowest BCUT2D eigenvalue weighted by Gasteiger charge is -2.35. The number of phenolic OH excluding ortho intramolecular Hbond substituents is 1. The molecule has 80 valence electrons. The normalized spacial score (nSPS) is 28.8. The van der Waals surface area contributed by atoms with Gasteiger partial charge in [-0.2, -0.15) is 0 Å². The summed E-state index contributed by atoms with van der Waals surface area (Å²) in [5.41, 5.74) is 1.15. The van der Waals surface area contributed by atoms with Crippen LogP contribution in [0.25, 0.3) is 0 Å². The molecule has 2 N–H and O–H groups in total. The van der Waals surface area contributed by atoms with Crippen molar-refractivity contribution in [3.63, 3.8) is 0 Å². The van der Waals surface area contributed by atoms with Gasteiger partial charge in [0.15, 0.2) is 0 Å². The lowest BCUT2D eigenvalue weighted by molar-refractivity contribution is 0.0663. The van der Waals surface area contributed by atoms with Crippen molar-refractivity contribution in [2.75, 3.05) is 13.1 Å². The quantitative estimate of drug-likeness (QED) is 0.673. The molecular formula is C12H15NO2. The van der Waals surface area contributed by atoms with Crippen molar-refractivity contribution >= 4 is 0 Å². The number of hydrogen-bond acceptors (Lipinski definition) is 3. The topological polar surface area (TPSA) is 41.5 Å². The third-order valence-corrected chi connectivity index (χ3v) is 3.43. The zero-order chi connectivity index (χ0) is 10.3. The number of aromatic hydroxyl groups is 1. The van der Waals surface area contributed by atoms with Crippen molar-refractivity contribution in [3.05, 3.63) is 23.8 Å². The largest absolute Gasteiger partial charge is 0.508 e. The van der Waals surface area contributed by atoms with Gasteiger partial charge in [-0.15, -0.1) is 0 Å². The van der Waals surface area contributed by atoms with Crippen molar-refractivity contribution < 1.29 is 9.84 Å². The van der Waals surface area contributed by atoms with Gasteiger partial charge in [0.05, 0.1) is 0 Å². The first-order valence-corrected chi connectivity index (χ1v) is 5.49. The van der Waals surface area contributed by atoms with Crippen molar-refractivity contribution in [2.45, 2.75) is 24.9 Å². The van der Waals surface area contributed by atoms with Gasteiger partial charge in [-0.3, -0.25) is 0 Å². The number of fused-ring (bicyclic) bond motifs is 1. The molecule has 3 heteroatoms. The minimum Gasteiger partial charge on any atom is -0.508 e. The Morgan fingerprint density at radius 2 is 2.27 bits per heavy atom. The Morgan fingerprint density at radius 1 is 1.33 bits per heavy atom. The van der Waals surface area contributed by atoms with Crippen LogP contribution in [0.1, 0.15) is 18.4 Å². The number of aryl methyl sites for hydroxylation is 1. The fraction of sp³-hybridized carbons (Fsp3) is 0.500. The van der Waals surface area contributed by atoms with E-state index >= 15 is 0 Å². The van der Waals surface area contributed by atoms with Crippen molar-refractivity contribution in [2.24, 2.45) is 0 Å². The van der Waals surface area contributed by atoms with E-state index in [1.54, 1.807) is 6.07 Å². The number of hydrogen-bond donors (Lipinski definition) is 2. The van der Waals surface area contributed by atoms with Gasteiger partial charge >= 0.3 is 0 Å². The maximum absolute atomic E-state index is 9.38. The van der Waals surface area contributed by atoms with Crippen LogP contribution in [0.15, 0.2) is 18.2 Å². The summed E-state index contributed by atoms with van der Waals surface area (Å²) in [6, 6.07) is 5.38. The molecule has 2 aliphatic rings. The molecule has 0 aliphatic carbocycles. The molecule has 3 nitrogen and oxygen atoms in total. The predicted octanol–water partition coefficient (Wildman–Crippen LogP) is 1.45. The van der Waals surface area contributed by atoms with Crippen molar-refractivity contribution in [1.82, 2.24) is 5.32 Å². The summed E-state index contributed by atoms with van der Waals surface area (Å²) in [5.74, 6) is 1.28. The predicted molar refractivity (Wildman–Crippen MR) is 57.3 cm³/mol. The van der Waals surface area contributed by atoms with Gasteiger partial charge in [0, 0.05) is 13.0 Å². The second-order valence-electron chi connectivity index (χ2n) is 4.50. The number of rotatable bonds is 0. The maximum Gasteiger partial charge on any atom is 0.123 e. The van der Waals surface area contributed by atoms with Crippen LogP contribution >= 0.6 is 0 Å². The molecule has 1 saturated heterocycles. The minimum absolute atomic E-state index is 0.0178. The van der Waals surface area contributed by atoms with Crippen LogP contribution in [0.4, 0.5) is 0 Å². The van der Waals surface area contributed by atoms with Gasteiger partial charge in [0.2, 0.25) is 0 Å². The van der Waals surface area contributed by atoms with E-state index in [9.17, 15) is 5.11 Å². The second kappa shape index (κ2) is 3.14. The molecule has 2 heterocycles. The fourth-order valence-electron chi connectivity index (χ4n) is 2.53. The summed E-state index contributed by atoms with van der Waals surface area (Å²) >= 11 is 0. The zero-order valence-electron chi connectivity index (χ0n) is 8.62. The van der Waals surface area contributed by atoms with Gasteiger partial charge < -0.3 is 15.2 Å². The first kappa shape index (κ1) is 9.04. The highest BCUT2D eigenvalue weighted by atomic mass is 16.5. The van der Waals surface area contributed by atoms with E-state index in [0.717, 1.165) is 43.7 Å². The molecule has 1 atom stereocenters. The number of nitrogens with one attached hydrogen (secondary N) is 1. The zero-order valence-corrected chi connectivity index (χ0v) is 8.62. The summed E-state index contributed by atoms with van der Waals surface area (Å²) in [5, 5.41) is 12.7. The maximum atomic E-state index is 9.38.